The molecule has 2 rings (SSSR count). The van der Waals surface area contributed by atoms with Crippen LogP contribution in [-0.4, -0.2) is 59.0 Å². The summed E-state index contributed by atoms with van der Waals surface area (Å²) in [6.45, 7) is 9.41. The molecule has 2 fully saturated rings. The summed E-state index contributed by atoms with van der Waals surface area (Å²) >= 11 is 1.46. The Labute approximate surface area is 113 Å². The minimum absolute atomic E-state index is 0.192. The zero-order valence-corrected chi connectivity index (χ0v) is 12.2. The molecular weight excluding hydrogens is 250 g/mol. The lowest BCUT2D eigenvalue weighted by Gasteiger charge is -2.44. The van der Waals surface area contributed by atoms with Gasteiger partial charge in [0.1, 0.15) is 5.60 Å². The van der Waals surface area contributed by atoms with Gasteiger partial charge in [-0.3, -0.25) is 10.0 Å². The van der Waals surface area contributed by atoms with Gasteiger partial charge >= 0.3 is 6.09 Å². The van der Waals surface area contributed by atoms with E-state index in [4.69, 9.17) is 9.88 Å². The van der Waals surface area contributed by atoms with Gasteiger partial charge in [0.25, 0.3) is 0 Å². The summed E-state index contributed by atoms with van der Waals surface area (Å²) in [7, 11) is 0. The molecule has 5 nitrogen and oxygen atoms in total. The largest absolute Gasteiger partial charge is 0.444 e. The number of hydrogen-bond acceptors (Lipinski definition) is 5. The maximum atomic E-state index is 11.8. The van der Waals surface area contributed by atoms with Gasteiger partial charge in [0.05, 0.1) is 0 Å². The highest BCUT2D eigenvalue weighted by Gasteiger charge is 2.39. The van der Waals surface area contributed by atoms with Crippen molar-refractivity contribution in [3.05, 3.63) is 0 Å². The Bertz CT molecular complexity index is 313. The number of hydrogen-bond donors (Lipinski definition) is 1. The zero-order valence-electron chi connectivity index (χ0n) is 11.4. The Morgan fingerprint density at radius 3 is 2.50 bits per heavy atom. The fourth-order valence-corrected chi connectivity index (χ4v) is 2.88. The molecule has 18 heavy (non-hydrogen) atoms. The fourth-order valence-electron chi connectivity index (χ4n) is 2.36. The molecular formula is C12H23N3O2S. The molecule has 0 aromatic heterocycles. The zero-order chi connectivity index (χ0) is 13.3. The highest BCUT2D eigenvalue weighted by atomic mass is 32.2. The van der Waals surface area contributed by atoms with E-state index in [-0.39, 0.29) is 6.09 Å². The lowest BCUT2D eigenvalue weighted by atomic mass is 10.1. The average molecular weight is 273 g/mol. The van der Waals surface area contributed by atoms with Crippen LogP contribution in [0.3, 0.4) is 0 Å². The maximum absolute atomic E-state index is 11.8. The molecule has 104 valence electrons. The molecule has 1 unspecified atom stereocenters. The van der Waals surface area contributed by atoms with Gasteiger partial charge in [-0.15, -0.1) is 0 Å². The molecule has 2 aliphatic heterocycles. The van der Waals surface area contributed by atoms with Crippen LogP contribution in [0.1, 0.15) is 27.2 Å². The van der Waals surface area contributed by atoms with Crippen molar-refractivity contribution in [3.63, 3.8) is 0 Å². The Kier molecular flexibility index (Phi) is 4.08. The molecule has 0 radical (unpaired) electrons. The molecule has 1 atom stereocenters. The van der Waals surface area contributed by atoms with E-state index in [2.05, 4.69) is 4.90 Å². The van der Waals surface area contributed by atoms with Crippen molar-refractivity contribution in [2.24, 2.45) is 5.14 Å². The van der Waals surface area contributed by atoms with Crippen molar-refractivity contribution in [2.75, 3.05) is 26.2 Å². The van der Waals surface area contributed by atoms with Gasteiger partial charge in [-0.05, 0) is 33.7 Å². The van der Waals surface area contributed by atoms with E-state index < -0.39 is 5.60 Å². The van der Waals surface area contributed by atoms with E-state index in [0.717, 1.165) is 32.6 Å². The third-order valence-corrected chi connectivity index (χ3v) is 4.17. The summed E-state index contributed by atoms with van der Waals surface area (Å²) in [5.41, 5.74) is -0.406. The van der Waals surface area contributed by atoms with Crippen LogP contribution < -0.4 is 5.14 Å². The molecule has 2 aliphatic rings. The van der Waals surface area contributed by atoms with Crippen LogP contribution in [0.25, 0.3) is 0 Å². The Morgan fingerprint density at radius 2 is 2.00 bits per heavy atom. The van der Waals surface area contributed by atoms with Crippen molar-refractivity contribution >= 4 is 18.0 Å². The molecule has 0 aromatic rings. The molecule has 0 aromatic carbocycles. The monoisotopic (exact) mass is 273 g/mol. The number of amides is 1. The number of carbonyl (C=O) groups is 1. The first-order valence-electron chi connectivity index (χ1n) is 6.46. The second kappa shape index (κ2) is 5.27. The van der Waals surface area contributed by atoms with E-state index in [1.54, 1.807) is 4.90 Å². The molecule has 6 heteroatoms. The Balaban J connectivity index is 1.72. The number of nitrogens with zero attached hydrogens (tertiary/aromatic N) is 2. The number of nitrogens with two attached hydrogens (primary N) is 1. The highest BCUT2D eigenvalue weighted by Crippen LogP contribution is 2.25. The molecule has 2 saturated heterocycles. The number of carbonyl (C=O) groups excluding carboxylic acids is 1. The van der Waals surface area contributed by atoms with Crippen LogP contribution in [0.2, 0.25) is 0 Å². The Hall–Kier alpha value is -0.460. The summed E-state index contributed by atoms with van der Waals surface area (Å²) in [6, 6.07) is 0.495. The normalized spacial score (nSPS) is 26.2. The summed E-state index contributed by atoms with van der Waals surface area (Å²) in [5.74, 6) is 0. The van der Waals surface area contributed by atoms with E-state index in [9.17, 15) is 4.79 Å². The lowest BCUT2D eigenvalue weighted by molar-refractivity contribution is -0.0111. The molecule has 0 aliphatic carbocycles. The quantitative estimate of drug-likeness (QED) is 0.768. The average Bonchev–Trinajstić information content (AvgIpc) is 2.60. The van der Waals surface area contributed by atoms with Crippen molar-refractivity contribution in [2.45, 2.75) is 44.1 Å². The summed E-state index contributed by atoms with van der Waals surface area (Å²) in [6.07, 6.45) is 0.965. The second-order valence-electron chi connectivity index (χ2n) is 6.08. The van der Waals surface area contributed by atoms with Crippen molar-refractivity contribution in [3.8, 4) is 0 Å². The summed E-state index contributed by atoms with van der Waals surface area (Å²) in [4.78, 5) is 16.0. The van der Waals surface area contributed by atoms with Gasteiger partial charge in [0, 0.05) is 30.9 Å². The number of likely N-dealkylation sites (tertiary alicyclic amines) is 2. The predicted octanol–water partition coefficient (Wildman–Crippen LogP) is 1.29. The van der Waals surface area contributed by atoms with Gasteiger partial charge in [-0.1, -0.05) is 11.9 Å². The SMILES string of the molecule is CC(C)(C)OC(=O)N1CC(N2CCC(SN)C2)C1. The van der Waals surface area contributed by atoms with Crippen LogP contribution >= 0.6 is 11.9 Å². The van der Waals surface area contributed by atoms with Crippen LogP contribution in [0, 0.1) is 0 Å². The molecule has 0 bridgehead atoms. The van der Waals surface area contributed by atoms with Gasteiger partial charge < -0.3 is 9.64 Å². The lowest BCUT2D eigenvalue weighted by Crippen LogP contribution is -2.61. The molecule has 1 amide bonds. The summed E-state index contributed by atoms with van der Waals surface area (Å²) in [5, 5.41) is 6.16. The third kappa shape index (κ3) is 3.30. The standard InChI is InChI=1S/C12H23N3O2S/c1-12(2,3)17-11(16)15-6-9(7-15)14-5-4-10(8-14)18-13/h9-10H,4-8,13H2,1-3H3. The fraction of sp³-hybridized carbons (Fsp3) is 0.917. The van der Waals surface area contributed by atoms with Crippen LogP contribution in [0.15, 0.2) is 0 Å². The first kappa shape index (κ1) is 14.0. The molecule has 2 N–H and O–H groups in total. The van der Waals surface area contributed by atoms with E-state index in [1.165, 1.54) is 11.9 Å². The maximum Gasteiger partial charge on any atom is 0.410 e. The second-order valence-corrected chi connectivity index (χ2v) is 7.02. The highest BCUT2D eigenvalue weighted by molar-refractivity contribution is 7.97. The smallest absolute Gasteiger partial charge is 0.410 e. The van der Waals surface area contributed by atoms with Gasteiger partial charge in [-0.2, -0.15) is 0 Å². The molecule has 0 saturated carbocycles. The van der Waals surface area contributed by atoms with Gasteiger partial charge in [0.2, 0.25) is 0 Å². The first-order valence-corrected chi connectivity index (χ1v) is 7.41. The van der Waals surface area contributed by atoms with E-state index in [0.29, 0.717) is 11.3 Å². The molecule has 2 heterocycles. The van der Waals surface area contributed by atoms with Crippen molar-refractivity contribution < 1.29 is 9.53 Å². The third-order valence-electron chi connectivity index (χ3n) is 3.40. The number of ether oxygens (including phenoxy) is 1. The topological polar surface area (TPSA) is 58.8 Å². The van der Waals surface area contributed by atoms with Gasteiger partial charge in [0.15, 0.2) is 0 Å². The predicted molar refractivity (Wildman–Crippen MR) is 73.4 cm³/mol. The summed E-state index contributed by atoms with van der Waals surface area (Å²) < 4.78 is 5.34. The van der Waals surface area contributed by atoms with E-state index in [1.807, 2.05) is 20.8 Å². The van der Waals surface area contributed by atoms with Crippen molar-refractivity contribution in [1.29, 1.82) is 0 Å². The minimum Gasteiger partial charge on any atom is -0.444 e. The molecule has 0 spiro atoms. The Morgan fingerprint density at radius 1 is 1.33 bits per heavy atom. The van der Waals surface area contributed by atoms with E-state index >= 15 is 0 Å². The van der Waals surface area contributed by atoms with Crippen LogP contribution in [0.5, 0.6) is 0 Å². The minimum atomic E-state index is -0.406. The van der Waals surface area contributed by atoms with Crippen LogP contribution in [0.4, 0.5) is 4.79 Å². The van der Waals surface area contributed by atoms with Crippen molar-refractivity contribution in [1.82, 2.24) is 9.80 Å². The first-order chi connectivity index (χ1) is 8.39. The van der Waals surface area contributed by atoms with Gasteiger partial charge in [-0.25, -0.2) is 4.79 Å². The number of rotatable bonds is 2. The van der Waals surface area contributed by atoms with Crippen LogP contribution in [-0.2, 0) is 4.74 Å².